The molecular weight excluding hydrogens is 434 g/mol. The zero-order chi connectivity index (χ0) is 22.1. The van der Waals surface area contributed by atoms with Gasteiger partial charge < -0.3 is 24.7 Å². The van der Waals surface area contributed by atoms with Gasteiger partial charge in [0.25, 0.3) is 11.8 Å². The van der Waals surface area contributed by atoms with Gasteiger partial charge in [-0.25, -0.2) is 0 Å². The van der Waals surface area contributed by atoms with Crippen molar-refractivity contribution in [1.82, 2.24) is 15.5 Å². The fourth-order valence-electron chi connectivity index (χ4n) is 2.71. The Hall–Kier alpha value is -2.88. The van der Waals surface area contributed by atoms with Crippen LogP contribution in [0.25, 0.3) is 6.08 Å². The van der Waals surface area contributed by atoms with Crippen molar-refractivity contribution in [3.8, 4) is 0 Å². The number of hydrogen-bond acceptors (Lipinski definition) is 6. The average molecular weight is 458 g/mol. The Labute approximate surface area is 190 Å². The quantitative estimate of drug-likeness (QED) is 0.286. The fraction of sp³-hybridized carbons (Fsp3) is 0.227. The molecule has 1 fully saturated rings. The molecule has 0 saturated carbocycles. The maximum absolute atomic E-state index is 12.5. The first-order chi connectivity index (χ1) is 15.1. The first kappa shape index (κ1) is 22.8. The van der Waals surface area contributed by atoms with Crippen LogP contribution in [0, 0.1) is 0 Å². The third-order valence-electron chi connectivity index (χ3n) is 4.28. The maximum atomic E-state index is 12.5. The van der Waals surface area contributed by atoms with Crippen molar-refractivity contribution in [3.63, 3.8) is 0 Å². The number of benzene rings is 1. The van der Waals surface area contributed by atoms with Crippen LogP contribution in [0.2, 0.25) is 0 Å². The summed E-state index contributed by atoms with van der Waals surface area (Å²) in [6.45, 7) is 6.65. The lowest BCUT2D eigenvalue weighted by molar-refractivity contribution is -0.117. The molecule has 1 saturated heterocycles. The van der Waals surface area contributed by atoms with Crippen molar-refractivity contribution in [1.29, 1.82) is 0 Å². The van der Waals surface area contributed by atoms with Crippen molar-refractivity contribution >= 4 is 46.2 Å². The van der Waals surface area contributed by atoms with Gasteiger partial charge in [-0.2, -0.15) is 0 Å². The Morgan fingerprint density at radius 3 is 2.61 bits per heavy atom. The highest BCUT2D eigenvalue weighted by molar-refractivity contribution is 8.22. The Morgan fingerprint density at radius 1 is 1.16 bits per heavy atom. The summed E-state index contributed by atoms with van der Waals surface area (Å²) in [5.41, 5.74) is 0.508. The predicted molar refractivity (Wildman–Crippen MR) is 125 cm³/mol. The molecule has 2 N–H and O–H groups in total. The van der Waals surface area contributed by atoms with E-state index in [9.17, 15) is 9.59 Å². The third kappa shape index (κ3) is 6.81. The Morgan fingerprint density at radius 2 is 1.90 bits per heavy atom. The smallest absolute Gasteiger partial charge is 0.268 e. The van der Waals surface area contributed by atoms with E-state index in [4.69, 9.17) is 21.4 Å². The molecule has 0 atom stereocenters. The van der Waals surface area contributed by atoms with Crippen molar-refractivity contribution in [3.05, 3.63) is 72.1 Å². The summed E-state index contributed by atoms with van der Waals surface area (Å²) in [6, 6.07) is 12.2. The second-order valence-electron chi connectivity index (χ2n) is 6.50. The van der Waals surface area contributed by atoms with Crippen LogP contribution in [0.1, 0.15) is 16.1 Å². The van der Waals surface area contributed by atoms with Crippen LogP contribution < -0.4 is 10.6 Å². The summed E-state index contributed by atoms with van der Waals surface area (Å²) in [4.78, 5) is 27.1. The molecule has 0 aliphatic carbocycles. The van der Waals surface area contributed by atoms with Gasteiger partial charge in [-0.05, 0) is 36.0 Å². The van der Waals surface area contributed by atoms with Crippen molar-refractivity contribution < 1.29 is 18.7 Å². The molecule has 3 rings (SSSR count). The second kappa shape index (κ2) is 11.5. The third-order valence-corrected chi connectivity index (χ3v) is 5.64. The van der Waals surface area contributed by atoms with Gasteiger partial charge in [0.15, 0.2) is 5.09 Å². The molecule has 1 aromatic heterocycles. The van der Waals surface area contributed by atoms with Gasteiger partial charge >= 0.3 is 0 Å². The Balaban J connectivity index is 1.73. The molecule has 0 unspecified atom stereocenters. The number of nitrogens with zero attached hydrogens (tertiary/aromatic N) is 1. The summed E-state index contributed by atoms with van der Waals surface area (Å²) >= 11 is 6.82. The molecule has 7 nitrogen and oxygen atoms in total. The monoisotopic (exact) mass is 457 g/mol. The average Bonchev–Trinajstić information content (AvgIpc) is 3.24. The van der Waals surface area contributed by atoms with Crippen molar-refractivity contribution in [2.75, 3.05) is 32.8 Å². The van der Waals surface area contributed by atoms with Crippen molar-refractivity contribution in [2.24, 2.45) is 0 Å². The molecule has 1 aliphatic heterocycles. The number of amides is 2. The van der Waals surface area contributed by atoms with Crippen molar-refractivity contribution in [2.45, 2.75) is 5.09 Å². The number of hydrogen-bond donors (Lipinski definition) is 2. The van der Waals surface area contributed by atoms with Crippen LogP contribution in [0.3, 0.4) is 0 Å². The van der Waals surface area contributed by atoms with E-state index in [1.807, 2.05) is 6.07 Å². The van der Waals surface area contributed by atoms with E-state index in [1.165, 1.54) is 17.8 Å². The van der Waals surface area contributed by atoms with Crippen LogP contribution in [0.15, 0.2) is 70.3 Å². The van der Waals surface area contributed by atoms with Crippen LogP contribution in [0.4, 0.5) is 0 Å². The molecule has 2 aromatic rings. The molecule has 0 bridgehead atoms. The first-order valence-corrected chi connectivity index (χ1v) is 10.9. The second-order valence-corrected chi connectivity index (χ2v) is 8.14. The van der Waals surface area contributed by atoms with Gasteiger partial charge in [-0.3, -0.25) is 9.59 Å². The molecule has 0 spiro atoms. The number of carbonyl (C=O) groups is 2. The number of rotatable bonds is 7. The van der Waals surface area contributed by atoms with Gasteiger partial charge in [0, 0.05) is 31.3 Å². The van der Waals surface area contributed by atoms with E-state index < -0.39 is 11.8 Å². The molecule has 31 heavy (non-hydrogen) atoms. The molecule has 0 radical (unpaired) electrons. The highest BCUT2D eigenvalue weighted by Crippen LogP contribution is 2.25. The van der Waals surface area contributed by atoms with Gasteiger partial charge in [-0.15, -0.1) is 6.58 Å². The highest BCUT2D eigenvalue weighted by Gasteiger charge is 2.18. The largest absolute Gasteiger partial charge is 0.450 e. The summed E-state index contributed by atoms with van der Waals surface area (Å²) in [5, 5.41) is 5.92. The molecule has 162 valence electrons. The number of ether oxygens (including phenoxy) is 1. The van der Waals surface area contributed by atoms with E-state index in [-0.39, 0.29) is 12.2 Å². The van der Waals surface area contributed by atoms with Gasteiger partial charge in [0.05, 0.1) is 13.2 Å². The minimum atomic E-state index is -0.446. The van der Waals surface area contributed by atoms with Gasteiger partial charge in [0.2, 0.25) is 0 Å². The molecule has 1 aromatic carbocycles. The van der Waals surface area contributed by atoms with Crippen LogP contribution in [-0.2, 0) is 9.53 Å². The first-order valence-electron chi connectivity index (χ1n) is 9.68. The standard InChI is InChI=1S/C22H23N3O4S2/c1-2-10-23-21(27)18(24-20(26)16-6-4-3-5-7-16)15-17-8-9-19(29-17)31-22(30)25-11-13-28-14-12-25/h2-9,15H,1,10-14H2,(H,23,27)(H,24,26). The van der Waals surface area contributed by atoms with E-state index in [2.05, 4.69) is 22.1 Å². The number of morpholine rings is 1. The molecule has 9 heteroatoms. The van der Waals surface area contributed by atoms with Crippen LogP contribution in [0.5, 0.6) is 0 Å². The number of thiocarbonyl (C=S) groups is 1. The zero-order valence-electron chi connectivity index (χ0n) is 16.8. The molecule has 1 aliphatic rings. The minimum Gasteiger partial charge on any atom is -0.450 e. The summed E-state index contributed by atoms with van der Waals surface area (Å²) in [5.74, 6) is -0.418. The zero-order valence-corrected chi connectivity index (χ0v) is 18.5. The lowest BCUT2D eigenvalue weighted by Gasteiger charge is -2.28. The predicted octanol–water partition coefficient (Wildman–Crippen LogP) is 3.06. The topological polar surface area (TPSA) is 83.8 Å². The van der Waals surface area contributed by atoms with Gasteiger partial charge in [0.1, 0.15) is 15.8 Å². The van der Waals surface area contributed by atoms with Crippen LogP contribution in [-0.4, -0.2) is 53.9 Å². The number of carbonyl (C=O) groups excluding carboxylic acids is 2. The van der Waals surface area contributed by atoms with Gasteiger partial charge in [-0.1, -0.05) is 36.5 Å². The number of nitrogens with one attached hydrogen (secondary N) is 2. The highest BCUT2D eigenvalue weighted by atomic mass is 32.2. The normalized spacial score (nSPS) is 14.1. The fourth-order valence-corrected chi connectivity index (χ4v) is 3.89. The van der Waals surface area contributed by atoms with E-state index >= 15 is 0 Å². The number of thioether (sulfide) groups is 1. The molecule has 2 amide bonds. The molecule has 2 heterocycles. The Kier molecular flexibility index (Phi) is 8.45. The SMILES string of the molecule is C=CCNC(=O)C(=Cc1ccc(SC(=S)N2CCOCC2)o1)NC(=O)c1ccccc1. The summed E-state index contributed by atoms with van der Waals surface area (Å²) < 4.78 is 11.9. The minimum absolute atomic E-state index is 0.0670. The summed E-state index contributed by atoms with van der Waals surface area (Å²) in [7, 11) is 0. The number of furan rings is 1. The maximum Gasteiger partial charge on any atom is 0.268 e. The molecular formula is C22H23N3O4S2. The lowest BCUT2D eigenvalue weighted by atomic mass is 10.2. The summed E-state index contributed by atoms with van der Waals surface area (Å²) in [6.07, 6.45) is 3.05. The van der Waals surface area contributed by atoms with E-state index in [1.54, 1.807) is 42.5 Å². The van der Waals surface area contributed by atoms with E-state index in [0.29, 0.717) is 34.0 Å². The van der Waals surface area contributed by atoms with Crippen LogP contribution >= 0.6 is 24.0 Å². The van der Waals surface area contributed by atoms with E-state index in [0.717, 1.165) is 13.1 Å². The lowest BCUT2D eigenvalue weighted by Crippen LogP contribution is -2.38. The Bertz CT molecular complexity index is 966.